The fourth-order valence-electron chi connectivity index (χ4n) is 2.32. The predicted octanol–water partition coefficient (Wildman–Crippen LogP) is 4.14. The van der Waals surface area contributed by atoms with E-state index in [0.29, 0.717) is 16.9 Å². The van der Waals surface area contributed by atoms with Gasteiger partial charge >= 0.3 is 0 Å². The van der Waals surface area contributed by atoms with Crippen LogP contribution in [0.4, 0.5) is 17.1 Å². The van der Waals surface area contributed by atoms with Crippen LogP contribution in [0.1, 0.15) is 5.56 Å². The number of nitrogens with zero attached hydrogens (tertiary/aromatic N) is 2. The number of nitro benzene ring substituents is 1. The summed E-state index contributed by atoms with van der Waals surface area (Å²) in [7, 11) is 0. The summed E-state index contributed by atoms with van der Waals surface area (Å²) in [6.07, 6.45) is 1.59. The normalized spacial score (nSPS) is 10.7. The number of halogens is 1. The standard InChI is InChI=1S/C16H12BrN3O3/c17-11-4-5-15-14(6-11)16(10(9-21)8-18-15)19-12-2-1-3-13(7-12)20(22)23/h1-8,21H,9H2,(H,18,19). The second-order valence-corrected chi connectivity index (χ2v) is 5.83. The van der Waals surface area contributed by atoms with Crippen LogP contribution in [0.2, 0.25) is 0 Å². The van der Waals surface area contributed by atoms with Crippen LogP contribution < -0.4 is 5.32 Å². The summed E-state index contributed by atoms with van der Waals surface area (Å²) in [5, 5.41) is 24.5. The van der Waals surface area contributed by atoms with Gasteiger partial charge in [-0.25, -0.2) is 0 Å². The molecular weight excluding hydrogens is 362 g/mol. The molecule has 0 unspecified atom stereocenters. The Morgan fingerprint density at radius 1 is 1.26 bits per heavy atom. The molecule has 6 nitrogen and oxygen atoms in total. The monoisotopic (exact) mass is 373 g/mol. The summed E-state index contributed by atoms with van der Waals surface area (Å²) >= 11 is 3.42. The molecule has 0 fully saturated rings. The molecule has 1 heterocycles. The lowest BCUT2D eigenvalue weighted by Crippen LogP contribution is -1.99. The summed E-state index contributed by atoms with van der Waals surface area (Å²) < 4.78 is 0.879. The summed E-state index contributed by atoms with van der Waals surface area (Å²) in [5.41, 5.74) is 2.63. The Balaban J connectivity index is 2.13. The lowest BCUT2D eigenvalue weighted by atomic mass is 10.1. The number of rotatable bonds is 4. The number of anilines is 2. The maximum absolute atomic E-state index is 10.9. The van der Waals surface area contributed by atoms with Gasteiger partial charge in [0.1, 0.15) is 0 Å². The Bertz CT molecular complexity index is 899. The van der Waals surface area contributed by atoms with Crippen LogP contribution in [0.3, 0.4) is 0 Å². The Morgan fingerprint density at radius 3 is 2.83 bits per heavy atom. The molecule has 0 saturated heterocycles. The second-order valence-electron chi connectivity index (χ2n) is 4.91. The van der Waals surface area contributed by atoms with Crippen molar-refractivity contribution in [1.82, 2.24) is 4.98 Å². The van der Waals surface area contributed by atoms with Crippen molar-refractivity contribution < 1.29 is 10.0 Å². The van der Waals surface area contributed by atoms with Gasteiger partial charge in [-0.1, -0.05) is 22.0 Å². The molecule has 0 bridgehead atoms. The maximum atomic E-state index is 10.9. The van der Waals surface area contributed by atoms with Crippen LogP contribution in [0.25, 0.3) is 10.9 Å². The van der Waals surface area contributed by atoms with Crippen molar-refractivity contribution in [3.63, 3.8) is 0 Å². The van der Waals surface area contributed by atoms with Crippen molar-refractivity contribution in [2.45, 2.75) is 6.61 Å². The third-order valence-corrected chi connectivity index (χ3v) is 3.90. The van der Waals surface area contributed by atoms with E-state index in [1.54, 1.807) is 18.3 Å². The van der Waals surface area contributed by atoms with Gasteiger partial charge in [0.25, 0.3) is 5.69 Å². The highest BCUT2D eigenvalue weighted by Gasteiger charge is 2.11. The van der Waals surface area contributed by atoms with Crippen LogP contribution in [-0.4, -0.2) is 15.0 Å². The summed E-state index contributed by atoms with van der Waals surface area (Å²) in [6, 6.07) is 11.9. The molecule has 2 aromatic carbocycles. The summed E-state index contributed by atoms with van der Waals surface area (Å²) in [6.45, 7) is -0.188. The van der Waals surface area contributed by atoms with Crippen molar-refractivity contribution >= 4 is 43.9 Å². The minimum absolute atomic E-state index is 0.0000840. The van der Waals surface area contributed by atoms with E-state index in [1.807, 2.05) is 18.2 Å². The van der Waals surface area contributed by atoms with Gasteiger partial charge in [-0.05, 0) is 24.3 Å². The number of nitro groups is 1. The highest BCUT2D eigenvalue weighted by Crippen LogP contribution is 2.32. The molecule has 0 aliphatic heterocycles. The molecule has 7 heteroatoms. The first-order chi connectivity index (χ1) is 11.1. The molecule has 0 radical (unpaired) electrons. The average Bonchev–Trinajstić information content (AvgIpc) is 2.55. The van der Waals surface area contributed by atoms with E-state index in [-0.39, 0.29) is 12.3 Å². The van der Waals surface area contributed by atoms with Crippen LogP contribution in [-0.2, 0) is 6.61 Å². The predicted molar refractivity (Wildman–Crippen MR) is 91.7 cm³/mol. The third kappa shape index (κ3) is 3.15. The molecule has 0 amide bonds. The molecule has 0 aliphatic rings. The Kier molecular flexibility index (Phi) is 4.22. The molecule has 3 aromatic rings. The second kappa shape index (κ2) is 6.31. The zero-order valence-corrected chi connectivity index (χ0v) is 13.4. The maximum Gasteiger partial charge on any atom is 0.271 e. The largest absolute Gasteiger partial charge is 0.392 e. The topological polar surface area (TPSA) is 88.3 Å². The number of nitrogens with one attached hydrogen (secondary N) is 1. The first-order valence-corrected chi connectivity index (χ1v) is 7.57. The van der Waals surface area contributed by atoms with Gasteiger partial charge < -0.3 is 10.4 Å². The smallest absolute Gasteiger partial charge is 0.271 e. The van der Waals surface area contributed by atoms with Crippen LogP contribution in [0.15, 0.2) is 53.1 Å². The van der Waals surface area contributed by atoms with Crippen LogP contribution >= 0.6 is 15.9 Å². The summed E-state index contributed by atoms with van der Waals surface area (Å²) in [5.74, 6) is 0. The average molecular weight is 374 g/mol. The quantitative estimate of drug-likeness (QED) is 0.529. The molecule has 3 rings (SSSR count). The first kappa shape index (κ1) is 15.4. The summed E-state index contributed by atoms with van der Waals surface area (Å²) in [4.78, 5) is 14.8. The number of non-ortho nitro benzene ring substituents is 1. The number of hydrogen-bond donors (Lipinski definition) is 2. The van der Waals surface area contributed by atoms with Crippen LogP contribution in [0.5, 0.6) is 0 Å². The van der Waals surface area contributed by atoms with Gasteiger partial charge in [0, 0.05) is 39.4 Å². The number of hydrogen-bond acceptors (Lipinski definition) is 5. The number of fused-ring (bicyclic) bond motifs is 1. The van der Waals surface area contributed by atoms with Gasteiger partial charge in [-0.15, -0.1) is 0 Å². The van der Waals surface area contributed by atoms with Gasteiger partial charge in [-0.3, -0.25) is 15.1 Å². The van der Waals surface area contributed by atoms with E-state index in [4.69, 9.17) is 0 Å². The molecule has 1 aromatic heterocycles. The molecule has 0 aliphatic carbocycles. The lowest BCUT2D eigenvalue weighted by molar-refractivity contribution is -0.384. The number of aliphatic hydroxyl groups excluding tert-OH is 1. The van der Waals surface area contributed by atoms with E-state index >= 15 is 0 Å². The van der Waals surface area contributed by atoms with Crippen molar-refractivity contribution in [3.05, 3.63) is 68.8 Å². The Labute approximate surface area is 140 Å². The number of pyridine rings is 1. The Morgan fingerprint density at radius 2 is 2.09 bits per heavy atom. The fourth-order valence-corrected chi connectivity index (χ4v) is 2.68. The van der Waals surface area contributed by atoms with E-state index < -0.39 is 4.92 Å². The van der Waals surface area contributed by atoms with Crippen molar-refractivity contribution in [1.29, 1.82) is 0 Å². The molecule has 0 spiro atoms. The zero-order chi connectivity index (χ0) is 16.4. The minimum atomic E-state index is -0.445. The number of aliphatic hydroxyl groups is 1. The van der Waals surface area contributed by atoms with E-state index in [2.05, 4.69) is 26.2 Å². The molecule has 0 atom stereocenters. The van der Waals surface area contributed by atoms with Gasteiger partial charge in [0.2, 0.25) is 0 Å². The van der Waals surface area contributed by atoms with E-state index in [1.165, 1.54) is 12.1 Å². The lowest BCUT2D eigenvalue weighted by Gasteiger charge is -2.14. The van der Waals surface area contributed by atoms with Crippen molar-refractivity contribution in [2.75, 3.05) is 5.32 Å². The van der Waals surface area contributed by atoms with Crippen molar-refractivity contribution in [2.24, 2.45) is 0 Å². The first-order valence-electron chi connectivity index (χ1n) is 6.78. The van der Waals surface area contributed by atoms with Gasteiger partial charge in [-0.2, -0.15) is 0 Å². The number of aromatic nitrogens is 1. The molecule has 23 heavy (non-hydrogen) atoms. The minimum Gasteiger partial charge on any atom is -0.392 e. The van der Waals surface area contributed by atoms with E-state index in [9.17, 15) is 15.2 Å². The highest BCUT2D eigenvalue weighted by molar-refractivity contribution is 9.10. The molecule has 2 N–H and O–H groups in total. The van der Waals surface area contributed by atoms with Crippen LogP contribution in [0, 0.1) is 10.1 Å². The Hall–Kier alpha value is -2.51. The van der Waals surface area contributed by atoms with Gasteiger partial charge in [0.15, 0.2) is 0 Å². The molecule has 0 saturated carbocycles. The van der Waals surface area contributed by atoms with E-state index in [0.717, 1.165) is 15.4 Å². The zero-order valence-electron chi connectivity index (χ0n) is 11.9. The number of benzene rings is 2. The van der Waals surface area contributed by atoms with Gasteiger partial charge in [0.05, 0.1) is 22.7 Å². The third-order valence-electron chi connectivity index (χ3n) is 3.41. The molecular formula is C16H12BrN3O3. The molecule has 116 valence electrons. The highest BCUT2D eigenvalue weighted by atomic mass is 79.9. The fraction of sp³-hybridized carbons (Fsp3) is 0.0625. The SMILES string of the molecule is O=[N+]([O-])c1cccc(Nc2c(CO)cnc3ccc(Br)cc23)c1. The van der Waals surface area contributed by atoms with Crippen molar-refractivity contribution in [3.8, 4) is 0 Å².